The van der Waals surface area contributed by atoms with Crippen LogP contribution in [0.25, 0.3) is 0 Å². The lowest BCUT2D eigenvalue weighted by Crippen LogP contribution is -1.87. The van der Waals surface area contributed by atoms with E-state index in [0.717, 1.165) is 0 Å². The van der Waals surface area contributed by atoms with Crippen LogP contribution in [-0.2, 0) is 0 Å². The second-order valence-electron chi connectivity index (χ2n) is 1.87. The summed E-state index contributed by atoms with van der Waals surface area (Å²) in [6.45, 7) is 5.23. The van der Waals surface area contributed by atoms with E-state index in [-0.39, 0.29) is 5.88 Å². The minimum absolute atomic E-state index is 0.233. The summed E-state index contributed by atoms with van der Waals surface area (Å²) in [7, 11) is 0. The molecule has 0 radical (unpaired) electrons. The molecule has 0 saturated heterocycles. The molecule has 1 heterocycles. The number of hydrogen-bond donors (Lipinski definition) is 1. The van der Waals surface area contributed by atoms with Crippen LogP contribution in [0.5, 0.6) is 5.88 Å². The van der Waals surface area contributed by atoms with Crippen LogP contribution in [0.1, 0.15) is 6.92 Å². The molecule has 0 aliphatic heterocycles. The van der Waals surface area contributed by atoms with Crippen LogP contribution in [0.3, 0.4) is 0 Å². The van der Waals surface area contributed by atoms with E-state index < -0.39 is 0 Å². The molecule has 0 atom stereocenters. The van der Waals surface area contributed by atoms with Crippen LogP contribution in [0.15, 0.2) is 22.9 Å². The average Bonchev–Trinajstić information content (AvgIpc) is 2.13. The zero-order valence-corrected chi connectivity index (χ0v) is 5.63. The van der Waals surface area contributed by atoms with Crippen molar-refractivity contribution in [3.63, 3.8) is 0 Å². The first kappa shape index (κ1) is 6.67. The molecule has 0 aliphatic carbocycles. The van der Waals surface area contributed by atoms with Gasteiger partial charge in [-0.15, -0.1) is 0 Å². The minimum Gasteiger partial charge on any atom is -0.442 e. The Kier molecular flexibility index (Phi) is 1.62. The Morgan fingerprint density at radius 3 is 3.00 bits per heavy atom. The molecule has 0 aliphatic rings. The quantitative estimate of drug-likeness (QED) is 0.626. The van der Waals surface area contributed by atoms with Gasteiger partial charge in [0.25, 0.3) is 5.88 Å². The van der Waals surface area contributed by atoms with Crippen molar-refractivity contribution in [3.05, 3.63) is 18.4 Å². The number of rotatable bonds is 2. The molecule has 2 N–H and O–H groups in total. The first-order valence-corrected chi connectivity index (χ1v) is 2.74. The molecule has 0 bridgehead atoms. The van der Waals surface area contributed by atoms with E-state index >= 15 is 0 Å². The number of nitrogen functional groups attached to an aromatic ring is 1. The average molecular weight is 140 g/mol. The van der Waals surface area contributed by atoms with Gasteiger partial charge in [-0.3, -0.25) is 0 Å². The molecule has 0 unspecified atom stereocenters. The molecule has 4 heteroatoms. The molecular formula is C6H8N2O2. The summed E-state index contributed by atoms with van der Waals surface area (Å²) in [6.07, 6.45) is 0. The smallest absolute Gasteiger partial charge is 0.261 e. The van der Waals surface area contributed by atoms with Gasteiger partial charge < -0.3 is 15.0 Å². The maximum absolute atomic E-state index is 5.22. The summed E-state index contributed by atoms with van der Waals surface area (Å²) in [4.78, 5) is 0. The summed E-state index contributed by atoms with van der Waals surface area (Å²) in [5.74, 6) is 1.12. The molecule has 10 heavy (non-hydrogen) atoms. The Hall–Kier alpha value is -1.45. The van der Waals surface area contributed by atoms with Gasteiger partial charge in [0.2, 0.25) is 5.88 Å². The van der Waals surface area contributed by atoms with Gasteiger partial charge >= 0.3 is 0 Å². The first-order valence-electron chi connectivity index (χ1n) is 2.74. The number of nitrogens with two attached hydrogens (primary N) is 1. The van der Waals surface area contributed by atoms with Gasteiger partial charge in [0.05, 0.1) is 11.8 Å². The Labute approximate surface area is 58.3 Å². The van der Waals surface area contributed by atoms with E-state index in [1.807, 2.05) is 0 Å². The summed E-state index contributed by atoms with van der Waals surface area (Å²) in [5.41, 5.74) is 5.22. The van der Waals surface area contributed by atoms with Gasteiger partial charge in [-0.25, -0.2) is 0 Å². The van der Waals surface area contributed by atoms with Crippen molar-refractivity contribution in [2.75, 3.05) is 5.73 Å². The summed E-state index contributed by atoms with van der Waals surface area (Å²) in [5, 5.41) is 3.47. The topological polar surface area (TPSA) is 61.3 Å². The normalized spacial score (nSPS) is 9.30. The molecule has 4 nitrogen and oxygen atoms in total. The number of anilines is 1. The fourth-order valence-electron chi connectivity index (χ4n) is 0.499. The zero-order valence-electron chi connectivity index (χ0n) is 5.63. The van der Waals surface area contributed by atoms with Crippen LogP contribution < -0.4 is 10.5 Å². The predicted octanol–water partition coefficient (Wildman–Crippen LogP) is 1.17. The van der Waals surface area contributed by atoms with Crippen LogP contribution in [0.2, 0.25) is 0 Å². The number of hydrogen-bond acceptors (Lipinski definition) is 4. The van der Waals surface area contributed by atoms with Gasteiger partial charge in [-0.2, -0.15) is 0 Å². The molecule has 0 saturated carbocycles. The van der Waals surface area contributed by atoms with Crippen molar-refractivity contribution in [1.29, 1.82) is 0 Å². The Balaban J connectivity index is 2.67. The van der Waals surface area contributed by atoms with Gasteiger partial charge in [0.15, 0.2) is 0 Å². The van der Waals surface area contributed by atoms with Gasteiger partial charge in [0, 0.05) is 0 Å². The molecule has 1 aromatic heterocycles. The van der Waals surface area contributed by atoms with Gasteiger partial charge in [0.1, 0.15) is 0 Å². The standard InChI is InChI=1S/C6H8N2O2/c1-4(2)9-6-3-5(7)10-8-6/h3H,1,7H2,2H3. The maximum atomic E-state index is 5.22. The second-order valence-corrected chi connectivity index (χ2v) is 1.87. The third-order valence-corrected chi connectivity index (χ3v) is 0.786. The van der Waals surface area contributed by atoms with E-state index in [9.17, 15) is 0 Å². The van der Waals surface area contributed by atoms with Crippen molar-refractivity contribution >= 4 is 5.88 Å². The third kappa shape index (κ3) is 1.51. The lowest BCUT2D eigenvalue weighted by Gasteiger charge is -1.94. The Morgan fingerprint density at radius 2 is 2.60 bits per heavy atom. The van der Waals surface area contributed by atoms with Crippen molar-refractivity contribution in [2.24, 2.45) is 0 Å². The second kappa shape index (κ2) is 2.43. The van der Waals surface area contributed by atoms with Crippen molar-refractivity contribution in [2.45, 2.75) is 6.92 Å². The third-order valence-electron chi connectivity index (χ3n) is 0.786. The van der Waals surface area contributed by atoms with Crippen molar-refractivity contribution in [1.82, 2.24) is 5.16 Å². The van der Waals surface area contributed by atoms with Crippen molar-refractivity contribution < 1.29 is 9.26 Å². The predicted molar refractivity (Wildman–Crippen MR) is 36.4 cm³/mol. The van der Waals surface area contributed by atoms with E-state index in [1.54, 1.807) is 6.92 Å². The van der Waals surface area contributed by atoms with E-state index in [2.05, 4.69) is 16.3 Å². The lowest BCUT2D eigenvalue weighted by atomic mass is 10.6. The summed E-state index contributed by atoms with van der Waals surface area (Å²) >= 11 is 0. The highest BCUT2D eigenvalue weighted by molar-refractivity contribution is 5.28. The maximum Gasteiger partial charge on any atom is 0.261 e. The Bertz CT molecular complexity index is 242. The zero-order chi connectivity index (χ0) is 7.56. The van der Waals surface area contributed by atoms with E-state index in [4.69, 9.17) is 10.5 Å². The first-order chi connectivity index (χ1) is 4.68. The highest BCUT2D eigenvalue weighted by Gasteiger charge is 1.99. The highest BCUT2D eigenvalue weighted by Crippen LogP contribution is 2.13. The molecule has 1 aromatic rings. The minimum atomic E-state index is 0.233. The van der Waals surface area contributed by atoms with Crippen LogP contribution in [-0.4, -0.2) is 5.16 Å². The number of aromatic nitrogens is 1. The van der Waals surface area contributed by atoms with Crippen LogP contribution in [0.4, 0.5) is 5.88 Å². The lowest BCUT2D eigenvalue weighted by molar-refractivity contribution is 0.353. The molecule has 0 spiro atoms. The molecule has 0 aromatic carbocycles. The van der Waals surface area contributed by atoms with Gasteiger partial charge in [-0.05, 0) is 12.1 Å². The largest absolute Gasteiger partial charge is 0.442 e. The monoisotopic (exact) mass is 140 g/mol. The number of nitrogens with zero attached hydrogens (tertiary/aromatic N) is 1. The molecular weight excluding hydrogens is 132 g/mol. The number of ether oxygens (including phenoxy) is 1. The molecule has 0 amide bonds. The highest BCUT2D eigenvalue weighted by atomic mass is 16.5. The van der Waals surface area contributed by atoms with E-state index in [0.29, 0.717) is 11.6 Å². The molecule has 0 fully saturated rings. The molecule has 1 rings (SSSR count). The molecule has 54 valence electrons. The van der Waals surface area contributed by atoms with Crippen molar-refractivity contribution in [3.8, 4) is 5.88 Å². The Morgan fingerprint density at radius 1 is 1.90 bits per heavy atom. The van der Waals surface area contributed by atoms with Gasteiger partial charge in [-0.1, -0.05) is 6.58 Å². The van der Waals surface area contributed by atoms with E-state index in [1.165, 1.54) is 6.07 Å². The summed E-state index contributed by atoms with van der Waals surface area (Å²) in [6, 6.07) is 1.48. The van der Waals surface area contributed by atoms with Crippen LogP contribution >= 0.6 is 0 Å². The summed E-state index contributed by atoms with van der Waals surface area (Å²) < 4.78 is 9.48. The SMILES string of the molecule is C=C(C)Oc1cc(N)on1. The number of allylic oxidation sites excluding steroid dienone is 1. The fraction of sp³-hybridized carbons (Fsp3) is 0.167. The fourth-order valence-corrected chi connectivity index (χ4v) is 0.499. The van der Waals surface area contributed by atoms with Crippen LogP contribution in [0, 0.1) is 0 Å².